The van der Waals surface area contributed by atoms with Crippen molar-refractivity contribution in [1.29, 1.82) is 0 Å². The molecule has 2 aliphatic rings. The lowest BCUT2D eigenvalue weighted by Crippen LogP contribution is -2.43. The van der Waals surface area contributed by atoms with Gasteiger partial charge in [-0.25, -0.2) is 0 Å². The van der Waals surface area contributed by atoms with Crippen LogP contribution < -0.4 is 5.32 Å². The van der Waals surface area contributed by atoms with Crippen LogP contribution in [0.4, 0.5) is 0 Å². The van der Waals surface area contributed by atoms with E-state index in [9.17, 15) is 4.79 Å². The van der Waals surface area contributed by atoms with Crippen LogP contribution >= 0.6 is 0 Å². The van der Waals surface area contributed by atoms with Gasteiger partial charge in [-0.1, -0.05) is 19.3 Å². The van der Waals surface area contributed by atoms with Crippen molar-refractivity contribution in [3.8, 4) is 0 Å². The Hall–Kier alpha value is -0.570. The third kappa shape index (κ3) is 3.01. The molecule has 1 unspecified atom stereocenters. The van der Waals surface area contributed by atoms with Crippen molar-refractivity contribution < 1.29 is 4.79 Å². The zero-order chi connectivity index (χ0) is 12.3. The number of nitrogens with one attached hydrogen (secondary N) is 1. The number of amides is 1. The standard InChI is InChI=1S/C14H26N2O/c1-14(8-9-15-11-14)13(17)16(2)10-12-6-4-3-5-7-12/h12,15H,3-11H2,1-2H3. The average Bonchev–Trinajstić information content (AvgIpc) is 2.78. The molecule has 3 nitrogen and oxygen atoms in total. The topological polar surface area (TPSA) is 32.3 Å². The molecule has 98 valence electrons. The Morgan fingerprint density at radius 2 is 2.06 bits per heavy atom. The van der Waals surface area contributed by atoms with Crippen LogP contribution in [0, 0.1) is 11.3 Å². The normalized spacial score (nSPS) is 30.5. The van der Waals surface area contributed by atoms with Gasteiger partial charge in [-0.05, 0) is 38.6 Å². The van der Waals surface area contributed by atoms with Gasteiger partial charge in [-0.3, -0.25) is 4.79 Å². The van der Waals surface area contributed by atoms with E-state index in [0.717, 1.165) is 32.0 Å². The van der Waals surface area contributed by atoms with Crippen LogP contribution in [0.2, 0.25) is 0 Å². The van der Waals surface area contributed by atoms with E-state index in [1.807, 2.05) is 11.9 Å². The maximum absolute atomic E-state index is 12.4. The van der Waals surface area contributed by atoms with Gasteiger partial charge >= 0.3 is 0 Å². The molecule has 2 fully saturated rings. The van der Waals surface area contributed by atoms with Gasteiger partial charge in [0.2, 0.25) is 5.91 Å². The minimum Gasteiger partial charge on any atom is -0.345 e. The molecule has 0 radical (unpaired) electrons. The third-order valence-corrected chi connectivity index (χ3v) is 4.49. The lowest BCUT2D eigenvalue weighted by atomic mass is 9.86. The number of rotatable bonds is 3. The van der Waals surface area contributed by atoms with Gasteiger partial charge in [0.1, 0.15) is 0 Å². The van der Waals surface area contributed by atoms with Gasteiger partial charge < -0.3 is 10.2 Å². The fourth-order valence-corrected chi connectivity index (χ4v) is 3.30. The fourth-order valence-electron chi connectivity index (χ4n) is 3.30. The molecule has 1 amide bonds. The van der Waals surface area contributed by atoms with E-state index in [0.29, 0.717) is 5.91 Å². The highest BCUT2D eigenvalue weighted by Gasteiger charge is 2.38. The summed E-state index contributed by atoms with van der Waals surface area (Å²) in [6, 6.07) is 0. The Morgan fingerprint density at radius 1 is 1.35 bits per heavy atom. The molecule has 0 spiro atoms. The number of carbonyl (C=O) groups excluding carboxylic acids is 1. The van der Waals surface area contributed by atoms with Gasteiger partial charge in [0.05, 0.1) is 5.41 Å². The van der Waals surface area contributed by atoms with E-state index < -0.39 is 0 Å². The molecule has 17 heavy (non-hydrogen) atoms. The van der Waals surface area contributed by atoms with E-state index in [4.69, 9.17) is 0 Å². The molecule has 1 N–H and O–H groups in total. The van der Waals surface area contributed by atoms with E-state index in [1.165, 1.54) is 32.1 Å². The molecule has 1 atom stereocenters. The summed E-state index contributed by atoms with van der Waals surface area (Å²) in [6.07, 6.45) is 7.70. The predicted octanol–water partition coefficient (Wildman–Crippen LogP) is 2.02. The van der Waals surface area contributed by atoms with E-state index in [1.54, 1.807) is 0 Å². The van der Waals surface area contributed by atoms with Crippen molar-refractivity contribution >= 4 is 5.91 Å². The molecule has 0 aromatic carbocycles. The maximum Gasteiger partial charge on any atom is 0.229 e. The summed E-state index contributed by atoms with van der Waals surface area (Å²) in [7, 11) is 1.99. The molecule has 1 saturated carbocycles. The summed E-state index contributed by atoms with van der Waals surface area (Å²) >= 11 is 0. The number of hydrogen-bond acceptors (Lipinski definition) is 2. The van der Waals surface area contributed by atoms with Crippen LogP contribution in [0.5, 0.6) is 0 Å². The minimum atomic E-state index is -0.149. The van der Waals surface area contributed by atoms with Crippen molar-refractivity contribution in [2.24, 2.45) is 11.3 Å². The van der Waals surface area contributed by atoms with Crippen molar-refractivity contribution in [3.63, 3.8) is 0 Å². The third-order valence-electron chi connectivity index (χ3n) is 4.49. The minimum absolute atomic E-state index is 0.149. The summed E-state index contributed by atoms with van der Waals surface area (Å²) < 4.78 is 0. The highest BCUT2D eigenvalue weighted by molar-refractivity contribution is 5.82. The van der Waals surface area contributed by atoms with Crippen molar-refractivity contribution in [2.45, 2.75) is 45.4 Å². The lowest BCUT2D eigenvalue weighted by Gasteiger charge is -2.32. The van der Waals surface area contributed by atoms with Crippen molar-refractivity contribution in [2.75, 3.05) is 26.7 Å². The van der Waals surface area contributed by atoms with Crippen molar-refractivity contribution in [3.05, 3.63) is 0 Å². The van der Waals surface area contributed by atoms with E-state index in [-0.39, 0.29) is 5.41 Å². The Kier molecular flexibility index (Phi) is 4.08. The van der Waals surface area contributed by atoms with Gasteiger partial charge in [0.15, 0.2) is 0 Å². The molecule has 3 heteroatoms. The Labute approximate surface area is 105 Å². The highest BCUT2D eigenvalue weighted by atomic mass is 16.2. The quantitative estimate of drug-likeness (QED) is 0.816. The maximum atomic E-state index is 12.4. The molecule has 1 saturated heterocycles. The van der Waals surface area contributed by atoms with Gasteiger partial charge in [0, 0.05) is 20.1 Å². The number of carbonyl (C=O) groups is 1. The largest absolute Gasteiger partial charge is 0.345 e. The highest BCUT2D eigenvalue weighted by Crippen LogP contribution is 2.29. The first-order chi connectivity index (χ1) is 8.12. The molecular weight excluding hydrogens is 212 g/mol. The summed E-state index contributed by atoms with van der Waals surface area (Å²) in [5.41, 5.74) is -0.149. The van der Waals surface area contributed by atoms with Crippen LogP contribution in [0.15, 0.2) is 0 Å². The van der Waals surface area contributed by atoms with Crippen LogP contribution in [-0.2, 0) is 4.79 Å². The number of nitrogens with zero attached hydrogens (tertiary/aromatic N) is 1. The molecule has 1 aliphatic heterocycles. The van der Waals surface area contributed by atoms with Gasteiger partial charge in [0.25, 0.3) is 0 Å². The first-order valence-electron chi connectivity index (χ1n) is 7.08. The van der Waals surface area contributed by atoms with Crippen molar-refractivity contribution in [1.82, 2.24) is 10.2 Å². The van der Waals surface area contributed by atoms with E-state index in [2.05, 4.69) is 12.2 Å². The summed E-state index contributed by atoms with van der Waals surface area (Å²) in [5.74, 6) is 1.09. The van der Waals surface area contributed by atoms with Gasteiger partial charge in [-0.2, -0.15) is 0 Å². The Bertz CT molecular complexity index is 265. The van der Waals surface area contributed by atoms with Crippen LogP contribution in [0.25, 0.3) is 0 Å². The smallest absolute Gasteiger partial charge is 0.229 e. The van der Waals surface area contributed by atoms with Crippen LogP contribution in [-0.4, -0.2) is 37.5 Å². The summed E-state index contributed by atoms with van der Waals surface area (Å²) in [4.78, 5) is 14.4. The Morgan fingerprint density at radius 3 is 2.65 bits per heavy atom. The van der Waals surface area contributed by atoms with Crippen LogP contribution in [0.3, 0.4) is 0 Å². The van der Waals surface area contributed by atoms with Gasteiger partial charge in [-0.15, -0.1) is 0 Å². The van der Waals surface area contributed by atoms with E-state index >= 15 is 0 Å². The summed E-state index contributed by atoms with van der Waals surface area (Å²) in [5, 5.41) is 3.30. The lowest BCUT2D eigenvalue weighted by molar-refractivity contribution is -0.139. The molecule has 0 aromatic heterocycles. The molecule has 0 aromatic rings. The second kappa shape index (κ2) is 5.38. The average molecular weight is 238 g/mol. The zero-order valence-corrected chi connectivity index (χ0v) is 11.3. The SMILES string of the molecule is CN(CC1CCCCC1)C(=O)C1(C)CCNC1. The van der Waals surface area contributed by atoms with Crippen LogP contribution in [0.1, 0.15) is 45.4 Å². The zero-order valence-electron chi connectivity index (χ0n) is 11.3. The monoisotopic (exact) mass is 238 g/mol. The molecule has 1 aliphatic carbocycles. The Balaban J connectivity index is 1.85. The molecule has 2 rings (SSSR count). The predicted molar refractivity (Wildman–Crippen MR) is 69.8 cm³/mol. The second-order valence-electron chi connectivity index (χ2n) is 6.18. The molecule has 1 heterocycles. The number of hydrogen-bond donors (Lipinski definition) is 1. The second-order valence-corrected chi connectivity index (χ2v) is 6.18. The molecule has 0 bridgehead atoms. The fraction of sp³-hybridized carbons (Fsp3) is 0.929. The molecular formula is C14H26N2O. The first-order valence-corrected chi connectivity index (χ1v) is 7.08. The first kappa shape index (κ1) is 12.9. The summed E-state index contributed by atoms with van der Waals surface area (Å²) in [6.45, 7) is 4.90.